The fraction of sp³-hybridized carbons (Fsp3) is 0.545. The van der Waals surface area contributed by atoms with E-state index >= 15 is 0 Å². The number of nitrogens with one attached hydrogen (secondary N) is 2. The quantitative estimate of drug-likeness (QED) is 0.299. The summed E-state index contributed by atoms with van der Waals surface area (Å²) in [4.78, 5) is 11.8. The van der Waals surface area contributed by atoms with Crippen LogP contribution in [0.3, 0.4) is 0 Å². The molecule has 8 heteroatoms. The lowest BCUT2D eigenvalue weighted by Gasteiger charge is -2.32. The number of methoxy groups -OCH3 is 1. The fourth-order valence-electron chi connectivity index (χ4n) is 3.60. The Morgan fingerprint density at radius 1 is 1.23 bits per heavy atom. The van der Waals surface area contributed by atoms with Crippen LogP contribution < -0.4 is 10.6 Å². The molecule has 1 fully saturated rings. The summed E-state index contributed by atoms with van der Waals surface area (Å²) in [5, 5.41) is 6.98. The SMILES string of the molecule is CCNC(=NCc1nccn1Cc1ccccc1)NC1CCN(CCOC)CC1.I. The Labute approximate surface area is 197 Å². The summed E-state index contributed by atoms with van der Waals surface area (Å²) < 4.78 is 7.35. The lowest BCUT2D eigenvalue weighted by Crippen LogP contribution is -2.49. The van der Waals surface area contributed by atoms with Gasteiger partial charge < -0.3 is 24.8 Å². The average Bonchev–Trinajstić information content (AvgIpc) is 3.19. The topological polar surface area (TPSA) is 66.7 Å². The lowest BCUT2D eigenvalue weighted by atomic mass is 10.1. The Morgan fingerprint density at radius 3 is 2.70 bits per heavy atom. The molecule has 2 heterocycles. The highest BCUT2D eigenvalue weighted by molar-refractivity contribution is 14.0. The molecular formula is C22H35IN6O. The Morgan fingerprint density at radius 2 is 2.00 bits per heavy atom. The van der Waals surface area contributed by atoms with E-state index in [4.69, 9.17) is 9.73 Å². The van der Waals surface area contributed by atoms with E-state index in [1.165, 1.54) is 5.56 Å². The van der Waals surface area contributed by atoms with E-state index in [1.807, 2.05) is 18.5 Å². The van der Waals surface area contributed by atoms with E-state index in [0.29, 0.717) is 12.6 Å². The van der Waals surface area contributed by atoms with Gasteiger partial charge in [0.2, 0.25) is 0 Å². The van der Waals surface area contributed by atoms with Crippen LogP contribution in [0.15, 0.2) is 47.7 Å². The van der Waals surface area contributed by atoms with Crippen molar-refractivity contribution in [2.24, 2.45) is 4.99 Å². The van der Waals surface area contributed by atoms with Gasteiger partial charge in [-0.1, -0.05) is 30.3 Å². The van der Waals surface area contributed by atoms with Crippen LogP contribution in [0.5, 0.6) is 0 Å². The number of aromatic nitrogens is 2. The van der Waals surface area contributed by atoms with Gasteiger partial charge in [0.25, 0.3) is 0 Å². The first-order chi connectivity index (χ1) is 14.3. The van der Waals surface area contributed by atoms with E-state index in [1.54, 1.807) is 7.11 Å². The number of imidazole rings is 1. The third-order valence-corrected chi connectivity index (χ3v) is 5.26. The van der Waals surface area contributed by atoms with Gasteiger partial charge in [-0.3, -0.25) is 0 Å². The standard InChI is InChI=1S/C22H34N6O.HI/c1-3-23-22(26-20-9-12-27(13-10-20)15-16-29-2)25-17-21-24-11-14-28(21)18-19-7-5-4-6-8-19;/h4-8,11,14,20H,3,9-10,12-13,15-18H2,1-2H3,(H2,23,25,26);1H. The maximum Gasteiger partial charge on any atom is 0.191 e. The molecule has 1 saturated heterocycles. The minimum absolute atomic E-state index is 0. The zero-order chi connectivity index (χ0) is 20.3. The summed E-state index contributed by atoms with van der Waals surface area (Å²) in [5.74, 6) is 1.84. The number of halogens is 1. The Bertz CT molecular complexity index is 743. The zero-order valence-corrected chi connectivity index (χ0v) is 20.4. The van der Waals surface area contributed by atoms with Gasteiger partial charge in [0, 0.05) is 58.3 Å². The van der Waals surface area contributed by atoms with Crippen LogP contribution in [0.2, 0.25) is 0 Å². The number of hydrogen-bond donors (Lipinski definition) is 2. The van der Waals surface area contributed by atoms with Gasteiger partial charge in [0.15, 0.2) is 5.96 Å². The largest absolute Gasteiger partial charge is 0.383 e. The molecule has 0 aliphatic carbocycles. The number of aliphatic imine (C=N–C) groups is 1. The van der Waals surface area contributed by atoms with Crippen LogP contribution in [0.1, 0.15) is 31.2 Å². The number of guanidine groups is 1. The number of nitrogens with zero attached hydrogens (tertiary/aromatic N) is 4. The normalized spacial score (nSPS) is 15.6. The first-order valence-corrected chi connectivity index (χ1v) is 10.6. The molecule has 3 rings (SSSR count). The molecule has 0 bridgehead atoms. The number of benzene rings is 1. The molecule has 166 valence electrons. The predicted octanol–water partition coefficient (Wildman–Crippen LogP) is 2.72. The Balaban J connectivity index is 0.00000320. The maximum atomic E-state index is 5.19. The van der Waals surface area contributed by atoms with Gasteiger partial charge in [-0.05, 0) is 25.3 Å². The van der Waals surface area contributed by atoms with E-state index in [2.05, 4.69) is 56.3 Å². The monoisotopic (exact) mass is 526 g/mol. The van der Waals surface area contributed by atoms with Crippen LogP contribution in [0, 0.1) is 0 Å². The molecule has 0 atom stereocenters. The number of likely N-dealkylation sites (tertiary alicyclic amines) is 1. The predicted molar refractivity (Wildman–Crippen MR) is 132 cm³/mol. The fourth-order valence-corrected chi connectivity index (χ4v) is 3.60. The first kappa shape index (κ1) is 24.6. The third kappa shape index (κ3) is 7.88. The highest BCUT2D eigenvalue weighted by Gasteiger charge is 2.19. The van der Waals surface area contributed by atoms with Crippen molar-refractivity contribution in [3.05, 3.63) is 54.1 Å². The van der Waals surface area contributed by atoms with Crippen LogP contribution >= 0.6 is 24.0 Å². The molecule has 0 saturated carbocycles. The van der Waals surface area contributed by atoms with Crippen molar-refractivity contribution in [3.8, 4) is 0 Å². The highest BCUT2D eigenvalue weighted by atomic mass is 127. The number of rotatable bonds is 9. The van der Waals surface area contributed by atoms with Gasteiger partial charge in [-0.15, -0.1) is 24.0 Å². The average molecular weight is 526 g/mol. The Hall–Kier alpha value is -1.65. The van der Waals surface area contributed by atoms with Gasteiger partial charge in [0.05, 0.1) is 6.61 Å². The molecule has 0 spiro atoms. The van der Waals surface area contributed by atoms with Gasteiger partial charge in [-0.2, -0.15) is 0 Å². The minimum atomic E-state index is 0. The molecule has 2 aromatic rings. The Kier molecular flexibility index (Phi) is 11.2. The van der Waals surface area contributed by atoms with Crippen LogP contribution in [-0.2, 0) is 17.8 Å². The van der Waals surface area contributed by atoms with Crippen molar-refractivity contribution in [3.63, 3.8) is 0 Å². The number of hydrogen-bond acceptors (Lipinski definition) is 4. The highest BCUT2D eigenvalue weighted by Crippen LogP contribution is 2.10. The van der Waals surface area contributed by atoms with Crippen molar-refractivity contribution in [2.45, 2.75) is 38.9 Å². The maximum absolute atomic E-state index is 5.19. The second kappa shape index (κ2) is 13.6. The molecule has 1 aliphatic rings. The summed E-state index contributed by atoms with van der Waals surface area (Å²) in [6, 6.07) is 10.9. The summed E-state index contributed by atoms with van der Waals surface area (Å²) >= 11 is 0. The van der Waals surface area contributed by atoms with Gasteiger partial charge in [-0.25, -0.2) is 9.98 Å². The summed E-state index contributed by atoms with van der Waals surface area (Å²) in [7, 11) is 1.76. The molecule has 1 aromatic heterocycles. The molecule has 2 N–H and O–H groups in total. The van der Waals surface area contributed by atoms with Crippen molar-refractivity contribution in [1.29, 1.82) is 0 Å². The van der Waals surface area contributed by atoms with E-state index < -0.39 is 0 Å². The second-order valence-electron chi connectivity index (χ2n) is 7.41. The first-order valence-electron chi connectivity index (χ1n) is 10.6. The molecule has 0 unspecified atom stereocenters. The van der Waals surface area contributed by atoms with Crippen molar-refractivity contribution in [2.75, 3.05) is 39.9 Å². The molecule has 0 radical (unpaired) electrons. The van der Waals surface area contributed by atoms with E-state index in [0.717, 1.165) is 64.0 Å². The summed E-state index contributed by atoms with van der Waals surface area (Å²) in [6.07, 6.45) is 6.12. The van der Waals surface area contributed by atoms with Crippen LogP contribution in [-0.4, -0.2) is 66.3 Å². The molecule has 1 aromatic carbocycles. The van der Waals surface area contributed by atoms with E-state index in [-0.39, 0.29) is 24.0 Å². The third-order valence-electron chi connectivity index (χ3n) is 5.26. The van der Waals surface area contributed by atoms with Crippen LogP contribution in [0.4, 0.5) is 0 Å². The second-order valence-corrected chi connectivity index (χ2v) is 7.41. The molecule has 0 amide bonds. The molecular weight excluding hydrogens is 491 g/mol. The van der Waals surface area contributed by atoms with Crippen LogP contribution in [0.25, 0.3) is 0 Å². The molecule has 30 heavy (non-hydrogen) atoms. The van der Waals surface area contributed by atoms with E-state index in [9.17, 15) is 0 Å². The number of ether oxygens (including phenoxy) is 1. The zero-order valence-electron chi connectivity index (χ0n) is 18.1. The number of piperidine rings is 1. The lowest BCUT2D eigenvalue weighted by molar-refractivity contribution is 0.128. The minimum Gasteiger partial charge on any atom is -0.383 e. The van der Waals surface area contributed by atoms with Crippen molar-refractivity contribution in [1.82, 2.24) is 25.1 Å². The smallest absolute Gasteiger partial charge is 0.191 e. The van der Waals surface area contributed by atoms with Gasteiger partial charge in [0.1, 0.15) is 12.4 Å². The van der Waals surface area contributed by atoms with Crippen molar-refractivity contribution < 1.29 is 4.74 Å². The van der Waals surface area contributed by atoms with Crippen molar-refractivity contribution >= 4 is 29.9 Å². The van der Waals surface area contributed by atoms with Gasteiger partial charge >= 0.3 is 0 Å². The summed E-state index contributed by atoms with van der Waals surface area (Å²) in [5.41, 5.74) is 1.26. The summed E-state index contributed by atoms with van der Waals surface area (Å²) in [6.45, 7) is 8.33. The molecule has 1 aliphatic heterocycles. The molecule has 7 nitrogen and oxygen atoms in total.